The average molecular weight is 415 g/mol. The van der Waals surface area contributed by atoms with Crippen molar-refractivity contribution in [2.75, 3.05) is 26.6 Å². The van der Waals surface area contributed by atoms with Crippen LogP contribution in [0.4, 0.5) is 11.5 Å². The smallest absolute Gasteiger partial charge is 0.205 e. The average Bonchev–Trinajstić information content (AvgIpc) is 2.83. The monoisotopic (exact) mass is 415 g/mol. The quantitative estimate of drug-likeness (QED) is 0.427. The molecular formula is C25H25N3O3. The van der Waals surface area contributed by atoms with Gasteiger partial charge in [0.2, 0.25) is 5.75 Å². The highest BCUT2D eigenvalue weighted by atomic mass is 16.5. The van der Waals surface area contributed by atoms with Crippen LogP contribution in [0.15, 0.2) is 67.0 Å². The van der Waals surface area contributed by atoms with Gasteiger partial charge in [0.15, 0.2) is 11.5 Å². The maximum absolute atomic E-state index is 5.59. The highest BCUT2D eigenvalue weighted by Crippen LogP contribution is 2.44. The second-order valence-corrected chi connectivity index (χ2v) is 7.11. The molecule has 0 unspecified atom stereocenters. The number of nitrogens with zero attached hydrogens (tertiary/aromatic N) is 2. The van der Waals surface area contributed by atoms with Gasteiger partial charge in [-0.3, -0.25) is 0 Å². The summed E-state index contributed by atoms with van der Waals surface area (Å²) in [5, 5.41) is 4.28. The minimum atomic E-state index is 0.210. The van der Waals surface area contributed by atoms with Crippen LogP contribution in [-0.2, 0) is 0 Å². The number of methoxy groups -OCH3 is 3. The third-order valence-corrected chi connectivity index (χ3v) is 5.41. The maximum Gasteiger partial charge on any atom is 0.205 e. The lowest BCUT2D eigenvalue weighted by molar-refractivity contribution is 0.327. The Labute approximate surface area is 181 Å². The van der Waals surface area contributed by atoms with Gasteiger partial charge in [-0.25, -0.2) is 9.97 Å². The van der Waals surface area contributed by atoms with Gasteiger partial charge in [-0.1, -0.05) is 55.5 Å². The number of hydrogen-bond donors (Lipinski definition) is 1. The Hall–Kier alpha value is -3.80. The molecular weight excluding hydrogens is 390 g/mol. The first kappa shape index (κ1) is 20.5. The summed E-state index contributed by atoms with van der Waals surface area (Å²) in [5.74, 6) is 2.43. The summed E-state index contributed by atoms with van der Waals surface area (Å²) in [7, 11) is 4.76. The molecule has 4 aromatic rings. The number of fused-ring (bicyclic) bond motifs is 1. The molecule has 1 heterocycles. The number of aromatic nitrogens is 2. The third kappa shape index (κ3) is 3.84. The van der Waals surface area contributed by atoms with Crippen molar-refractivity contribution in [3.8, 4) is 17.2 Å². The molecule has 6 heteroatoms. The molecule has 4 rings (SSSR count). The van der Waals surface area contributed by atoms with Gasteiger partial charge in [-0.15, -0.1) is 0 Å². The van der Waals surface area contributed by atoms with Crippen molar-refractivity contribution in [3.05, 3.63) is 78.1 Å². The van der Waals surface area contributed by atoms with Crippen LogP contribution >= 0.6 is 0 Å². The highest BCUT2D eigenvalue weighted by molar-refractivity contribution is 5.97. The van der Waals surface area contributed by atoms with Crippen molar-refractivity contribution in [2.24, 2.45) is 0 Å². The number of ether oxygens (including phenoxy) is 3. The SMILES string of the molecule is COc1cc2c(Nc3ccccc3[C@@H](C)c3ccccc3)ncnc2c(OC)c1OC. The van der Waals surface area contributed by atoms with Crippen molar-refractivity contribution in [1.29, 1.82) is 0 Å². The van der Waals surface area contributed by atoms with E-state index in [1.807, 2.05) is 18.2 Å². The summed E-state index contributed by atoms with van der Waals surface area (Å²) < 4.78 is 16.6. The molecule has 0 aliphatic carbocycles. The summed E-state index contributed by atoms with van der Waals surface area (Å²) in [4.78, 5) is 8.94. The molecule has 0 aliphatic heterocycles. The van der Waals surface area contributed by atoms with E-state index in [2.05, 4.69) is 64.7 Å². The fourth-order valence-corrected chi connectivity index (χ4v) is 3.80. The molecule has 1 atom stereocenters. The molecule has 0 bridgehead atoms. The Balaban J connectivity index is 1.82. The first-order valence-electron chi connectivity index (χ1n) is 10.0. The highest BCUT2D eigenvalue weighted by Gasteiger charge is 2.20. The third-order valence-electron chi connectivity index (χ3n) is 5.41. The minimum absolute atomic E-state index is 0.210. The summed E-state index contributed by atoms with van der Waals surface area (Å²) in [5.41, 5.74) is 4.05. The molecule has 0 spiro atoms. The zero-order chi connectivity index (χ0) is 21.8. The number of para-hydroxylation sites is 1. The Morgan fingerprint density at radius 2 is 1.52 bits per heavy atom. The first-order chi connectivity index (χ1) is 15.2. The summed E-state index contributed by atoms with van der Waals surface area (Å²) in [6.45, 7) is 2.20. The van der Waals surface area contributed by atoms with Crippen molar-refractivity contribution in [3.63, 3.8) is 0 Å². The Kier molecular flexibility index (Phi) is 5.89. The lowest BCUT2D eigenvalue weighted by Crippen LogP contribution is -2.04. The fraction of sp³-hybridized carbons (Fsp3) is 0.200. The van der Waals surface area contributed by atoms with Gasteiger partial charge in [-0.05, 0) is 23.3 Å². The summed E-state index contributed by atoms with van der Waals surface area (Å²) in [6.07, 6.45) is 1.52. The number of hydrogen-bond acceptors (Lipinski definition) is 6. The molecule has 1 aromatic heterocycles. The van der Waals surface area contributed by atoms with Crippen LogP contribution in [0.25, 0.3) is 10.9 Å². The number of benzene rings is 3. The molecule has 1 N–H and O–H groups in total. The lowest BCUT2D eigenvalue weighted by atomic mass is 9.92. The second-order valence-electron chi connectivity index (χ2n) is 7.11. The van der Waals surface area contributed by atoms with E-state index in [1.54, 1.807) is 21.3 Å². The van der Waals surface area contributed by atoms with Crippen LogP contribution in [-0.4, -0.2) is 31.3 Å². The summed E-state index contributed by atoms with van der Waals surface area (Å²) >= 11 is 0. The van der Waals surface area contributed by atoms with E-state index in [1.165, 1.54) is 17.5 Å². The number of rotatable bonds is 7. The molecule has 0 saturated carbocycles. The molecule has 0 saturated heterocycles. The van der Waals surface area contributed by atoms with Gasteiger partial charge in [0.25, 0.3) is 0 Å². The maximum atomic E-state index is 5.59. The van der Waals surface area contributed by atoms with Gasteiger partial charge in [0, 0.05) is 11.6 Å². The minimum Gasteiger partial charge on any atom is -0.493 e. The molecule has 31 heavy (non-hydrogen) atoms. The predicted molar refractivity (Wildman–Crippen MR) is 123 cm³/mol. The van der Waals surface area contributed by atoms with E-state index in [4.69, 9.17) is 14.2 Å². The Bertz CT molecular complexity index is 1200. The van der Waals surface area contributed by atoms with E-state index < -0.39 is 0 Å². The fourth-order valence-electron chi connectivity index (χ4n) is 3.80. The number of nitrogens with one attached hydrogen (secondary N) is 1. The van der Waals surface area contributed by atoms with E-state index in [0.29, 0.717) is 28.6 Å². The van der Waals surface area contributed by atoms with Crippen LogP contribution in [0.2, 0.25) is 0 Å². The van der Waals surface area contributed by atoms with Gasteiger partial charge >= 0.3 is 0 Å². The van der Waals surface area contributed by atoms with Crippen LogP contribution in [0.1, 0.15) is 24.0 Å². The number of anilines is 2. The van der Waals surface area contributed by atoms with Crippen molar-refractivity contribution in [1.82, 2.24) is 9.97 Å². The zero-order valence-corrected chi connectivity index (χ0v) is 18.0. The predicted octanol–water partition coefficient (Wildman–Crippen LogP) is 5.55. The van der Waals surface area contributed by atoms with Gasteiger partial charge in [0.05, 0.1) is 26.7 Å². The van der Waals surface area contributed by atoms with Crippen LogP contribution in [0, 0.1) is 0 Å². The Morgan fingerprint density at radius 3 is 2.23 bits per heavy atom. The zero-order valence-electron chi connectivity index (χ0n) is 18.0. The molecule has 0 aliphatic rings. The van der Waals surface area contributed by atoms with E-state index in [9.17, 15) is 0 Å². The Morgan fingerprint density at radius 1 is 0.806 bits per heavy atom. The molecule has 0 radical (unpaired) electrons. The van der Waals surface area contributed by atoms with Crippen molar-refractivity contribution >= 4 is 22.4 Å². The van der Waals surface area contributed by atoms with E-state index in [-0.39, 0.29) is 5.92 Å². The molecule has 3 aromatic carbocycles. The van der Waals surface area contributed by atoms with E-state index >= 15 is 0 Å². The molecule has 158 valence electrons. The second kappa shape index (κ2) is 8.92. The topological polar surface area (TPSA) is 65.5 Å². The van der Waals surface area contributed by atoms with Crippen molar-refractivity contribution < 1.29 is 14.2 Å². The first-order valence-corrected chi connectivity index (χ1v) is 10.0. The normalized spacial score (nSPS) is 11.7. The van der Waals surface area contributed by atoms with Gasteiger partial charge < -0.3 is 19.5 Å². The lowest BCUT2D eigenvalue weighted by Gasteiger charge is -2.19. The molecule has 6 nitrogen and oxygen atoms in total. The summed E-state index contributed by atoms with van der Waals surface area (Å²) in [6, 6.07) is 20.6. The van der Waals surface area contributed by atoms with Crippen molar-refractivity contribution in [2.45, 2.75) is 12.8 Å². The van der Waals surface area contributed by atoms with E-state index in [0.717, 1.165) is 11.1 Å². The van der Waals surface area contributed by atoms with Crippen LogP contribution < -0.4 is 19.5 Å². The van der Waals surface area contributed by atoms with Crippen LogP contribution in [0.3, 0.4) is 0 Å². The van der Waals surface area contributed by atoms with Crippen LogP contribution in [0.5, 0.6) is 17.2 Å². The molecule has 0 amide bonds. The van der Waals surface area contributed by atoms with Gasteiger partial charge in [0.1, 0.15) is 17.7 Å². The molecule has 0 fully saturated rings. The largest absolute Gasteiger partial charge is 0.493 e. The van der Waals surface area contributed by atoms with Gasteiger partial charge in [-0.2, -0.15) is 0 Å². The standard InChI is InChI=1S/C25H25N3O3/c1-16(17-10-6-5-7-11-17)18-12-8-9-13-20(18)28-25-19-14-21(29-2)23(30-3)24(31-4)22(19)26-15-27-25/h5-16H,1-4H3,(H,26,27,28)/t16-/m0/s1.